The highest BCUT2D eigenvalue weighted by molar-refractivity contribution is 5.97. The molecule has 0 aliphatic carbocycles. The topological polar surface area (TPSA) is 58.2 Å². The largest absolute Gasteiger partial charge is 0.356 e. The van der Waals surface area contributed by atoms with E-state index in [4.69, 9.17) is 0 Å². The minimum absolute atomic E-state index is 0. The van der Waals surface area contributed by atoms with Gasteiger partial charge in [0.1, 0.15) is 0 Å². The molecule has 0 aromatic heterocycles. The Labute approximate surface area is 140 Å². The van der Waals surface area contributed by atoms with Crippen LogP contribution in [0.2, 0.25) is 0 Å². The van der Waals surface area contributed by atoms with Gasteiger partial charge in [0, 0.05) is 24.9 Å². The van der Waals surface area contributed by atoms with Crippen molar-refractivity contribution in [3.8, 4) is 0 Å². The van der Waals surface area contributed by atoms with Crippen molar-refractivity contribution < 1.29 is 18.4 Å². The molecule has 4 nitrogen and oxygen atoms in total. The summed E-state index contributed by atoms with van der Waals surface area (Å²) in [5, 5.41) is 6.08. The number of Topliss-reactive ketones (excluding diaryl/α,β-unsaturated/α-hetero) is 1. The Kier molecular flexibility index (Phi) is 8.12. The minimum Gasteiger partial charge on any atom is -0.356 e. The number of piperidine rings is 1. The van der Waals surface area contributed by atoms with E-state index in [0.717, 1.165) is 38.1 Å². The fourth-order valence-electron chi connectivity index (χ4n) is 2.49. The molecule has 1 unspecified atom stereocenters. The summed E-state index contributed by atoms with van der Waals surface area (Å²) in [5.74, 6) is -2.18. The van der Waals surface area contributed by atoms with E-state index in [1.807, 2.05) is 0 Å². The van der Waals surface area contributed by atoms with Gasteiger partial charge in [0.05, 0.1) is 0 Å². The molecule has 1 saturated heterocycles. The van der Waals surface area contributed by atoms with Crippen LogP contribution in [0.1, 0.15) is 36.0 Å². The molecule has 1 aromatic rings. The summed E-state index contributed by atoms with van der Waals surface area (Å²) in [5.41, 5.74) is 0.0863. The predicted molar refractivity (Wildman–Crippen MR) is 85.8 cm³/mol. The van der Waals surface area contributed by atoms with E-state index in [1.54, 1.807) is 0 Å². The van der Waals surface area contributed by atoms with Crippen molar-refractivity contribution in [2.24, 2.45) is 5.92 Å². The molecule has 2 rings (SSSR count). The van der Waals surface area contributed by atoms with Gasteiger partial charge < -0.3 is 10.6 Å². The second-order valence-corrected chi connectivity index (χ2v) is 5.57. The van der Waals surface area contributed by atoms with E-state index in [2.05, 4.69) is 10.6 Å². The van der Waals surface area contributed by atoms with Gasteiger partial charge in [-0.1, -0.05) is 0 Å². The summed E-state index contributed by atoms with van der Waals surface area (Å²) in [7, 11) is 0. The molecule has 128 valence electrons. The van der Waals surface area contributed by atoms with Crippen LogP contribution in [0, 0.1) is 17.6 Å². The molecule has 0 bridgehead atoms. The first-order valence-corrected chi connectivity index (χ1v) is 7.52. The lowest BCUT2D eigenvalue weighted by molar-refractivity contribution is -0.121. The zero-order valence-electron chi connectivity index (χ0n) is 12.7. The van der Waals surface area contributed by atoms with Crippen LogP contribution in [-0.4, -0.2) is 31.3 Å². The standard InChI is InChI=1S/C16H20F2N2O2.ClH/c17-13-4-3-12(8-14(13)18)15(21)5-6-16(22)20-10-11-2-1-7-19-9-11;/h3-4,8,11,19H,1-2,5-7,9-10H2,(H,20,22);1H. The molecule has 23 heavy (non-hydrogen) atoms. The number of benzene rings is 1. The van der Waals surface area contributed by atoms with E-state index in [9.17, 15) is 18.4 Å². The van der Waals surface area contributed by atoms with Crippen LogP contribution in [0.3, 0.4) is 0 Å². The fourth-order valence-corrected chi connectivity index (χ4v) is 2.49. The molecular formula is C16H21ClF2N2O2. The van der Waals surface area contributed by atoms with E-state index < -0.39 is 11.6 Å². The maximum absolute atomic E-state index is 13.1. The smallest absolute Gasteiger partial charge is 0.220 e. The van der Waals surface area contributed by atoms with Crippen LogP contribution >= 0.6 is 12.4 Å². The Morgan fingerprint density at radius 3 is 2.65 bits per heavy atom. The molecule has 1 aliphatic heterocycles. The summed E-state index contributed by atoms with van der Waals surface area (Å²) in [6.45, 7) is 2.52. The Bertz CT molecular complexity index is 549. The van der Waals surface area contributed by atoms with Gasteiger partial charge in [0.25, 0.3) is 0 Å². The second-order valence-electron chi connectivity index (χ2n) is 5.57. The lowest BCUT2D eigenvalue weighted by Gasteiger charge is -2.22. The van der Waals surface area contributed by atoms with Crippen molar-refractivity contribution in [3.63, 3.8) is 0 Å². The Balaban J connectivity index is 0.00000264. The molecule has 0 radical (unpaired) electrons. The number of ketones is 1. The lowest BCUT2D eigenvalue weighted by Crippen LogP contribution is -2.38. The number of amides is 1. The predicted octanol–water partition coefficient (Wildman–Crippen LogP) is 2.47. The van der Waals surface area contributed by atoms with Gasteiger partial charge in [-0.25, -0.2) is 8.78 Å². The summed E-state index contributed by atoms with van der Waals surface area (Å²) in [4.78, 5) is 23.6. The molecule has 1 fully saturated rings. The molecule has 1 atom stereocenters. The third-order valence-electron chi connectivity index (χ3n) is 3.81. The van der Waals surface area contributed by atoms with Gasteiger partial charge in [-0.2, -0.15) is 0 Å². The molecular weight excluding hydrogens is 326 g/mol. The zero-order valence-corrected chi connectivity index (χ0v) is 13.6. The summed E-state index contributed by atoms with van der Waals surface area (Å²) >= 11 is 0. The second kappa shape index (κ2) is 9.57. The highest BCUT2D eigenvalue weighted by atomic mass is 35.5. The third-order valence-corrected chi connectivity index (χ3v) is 3.81. The maximum atomic E-state index is 13.1. The molecule has 0 saturated carbocycles. The van der Waals surface area contributed by atoms with Gasteiger partial charge >= 0.3 is 0 Å². The Morgan fingerprint density at radius 1 is 1.22 bits per heavy atom. The third kappa shape index (κ3) is 6.23. The number of hydrogen-bond acceptors (Lipinski definition) is 3. The first-order chi connectivity index (χ1) is 10.6. The van der Waals surface area contributed by atoms with Gasteiger partial charge in [0.2, 0.25) is 5.91 Å². The number of halogens is 3. The number of rotatable bonds is 6. The van der Waals surface area contributed by atoms with Crippen LogP contribution in [0.15, 0.2) is 18.2 Å². The highest BCUT2D eigenvalue weighted by Crippen LogP contribution is 2.12. The van der Waals surface area contributed by atoms with Crippen molar-refractivity contribution in [1.29, 1.82) is 0 Å². The van der Waals surface area contributed by atoms with E-state index in [-0.39, 0.29) is 42.5 Å². The first kappa shape index (κ1) is 19.5. The molecule has 2 N–H and O–H groups in total. The molecule has 1 heterocycles. The first-order valence-electron chi connectivity index (χ1n) is 7.52. The Morgan fingerprint density at radius 2 is 2.00 bits per heavy atom. The SMILES string of the molecule is Cl.O=C(CCC(=O)c1ccc(F)c(F)c1)NCC1CCCNC1. The van der Waals surface area contributed by atoms with Gasteiger partial charge in [-0.05, 0) is 50.0 Å². The number of carbonyl (C=O) groups excluding carboxylic acids is 2. The highest BCUT2D eigenvalue weighted by Gasteiger charge is 2.15. The van der Waals surface area contributed by atoms with Gasteiger partial charge in [-0.3, -0.25) is 9.59 Å². The quantitative estimate of drug-likeness (QED) is 0.778. The molecule has 1 amide bonds. The van der Waals surface area contributed by atoms with Crippen LogP contribution in [0.5, 0.6) is 0 Å². The van der Waals surface area contributed by atoms with Gasteiger partial charge in [-0.15, -0.1) is 12.4 Å². The average molecular weight is 347 g/mol. The van der Waals surface area contributed by atoms with Crippen LogP contribution in [-0.2, 0) is 4.79 Å². The molecule has 0 spiro atoms. The maximum Gasteiger partial charge on any atom is 0.220 e. The number of nitrogens with one attached hydrogen (secondary N) is 2. The van der Waals surface area contributed by atoms with E-state index >= 15 is 0 Å². The van der Waals surface area contributed by atoms with E-state index in [1.165, 1.54) is 6.07 Å². The van der Waals surface area contributed by atoms with Crippen molar-refractivity contribution in [2.45, 2.75) is 25.7 Å². The minimum atomic E-state index is -1.06. The fraction of sp³-hybridized carbons (Fsp3) is 0.500. The molecule has 7 heteroatoms. The van der Waals surface area contributed by atoms with Crippen LogP contribution in [0.25, 0.3) is 0 Å². The van der Waals surface area contributed by atoms with Gasteiger partial charge in [0.15, 0.2) is 17.4 Å². The molecule has 1 aliphatic rings. The van der Waals surface area contributed by atoms with E-state index in [0.29, 0.717) is 12.5 Å². The monoisotopic (exact) mass is 346 g/mol. The van der Waals surface area contributed by atoms with Crippen LogP contribution < -0.4 is 10.6 Å². The Hall–Kier alpha value is -1.53. The number of carbonyl (C=O) groups is 2. The number of hydrogen-bond donors (Lipinski definition) is 2. The summed E-state index contributed by atoms with van der Waals surface area (Å²) < 4.78 is 25.9. The van der Waals surface area contributed by atoms with Crippen molar-refractivity contribution >= 4 is 24.1 Å². The normalized spacial score (nSPS) is 17.2. The van der Waals surface area contributed by atoms with Crippen molar-refractivity contribution in [2.75, 3.05) is 19.6 Å². The van der Waals surface area contributed by atoms with Crippen molar-refractivity contribution in [1.82, 2.24) is 10.6 Å². The molecule has 1 aromatic carbocycles. The average Bonchev–Trinajstić information content (AvgIpc) is 2.54. The summed E-state index contributed by atoms with van der Waals surface area (Å²) in [6.07, 6.45) is 2.23. The van der Waals surface area contributed by atoms with Crippen LogP contribution in [0.4, 0.5) is 8.78 Å². The summed E-state index contributed by atoms with van der Waals surface area (Å²) in [6, 6.07) is 3.01. The zero-order chi connectivity index (χ0) is 15.9. The van der Waals surface area contributed by atoms with Crippen molar-refractivity contribution in [3.05, 3.63) is 35.4 Å². The lowest BCUT2D eigenvalue weighted by atomic mass is 9.99.